The van der Waals surface area contributed by atoms with Gasteiger partial charge in [0.05, 0.1) is 11.4 Å². The zero-order chi connectivity index (χ0) is 16.7. The van der Waals surface area contributed by atoms with Crippen LogP contribution in [0.15, 0.2) is 41.4 Å². The largest absolute Gasteiger partial charge is 0.286 e. The van der Waals surface area contributed by atoms with Gasteiger partial charge >= 0.3 is 0 Å². The summed E-state index contributed by atoms with van der Waals surface area (Å²) in [5, 5.41) is 2.41. The smallest absolute Gasteiger partial charge is 0.264 e. The standard InChI is InChI=1S/C18H21NO3S/c1-13-18(2,11-5-6-12-23(20,21)22)17-15-8-4-3-7-14(15)9-10-16(17)19-13/h3-4,7-10H,5-6,11-12H2,1-2H3,(H,20,21,22). The van der Waals surface area contributed by atoms with Crippen molar-refractivity contribution < 1.29 is 13.0 Å². The Morgan fingerprint density at radius 2 is 1.87 bits per heavy atom. The van der Waals surface area contributed by atoms with E-state index in [1.165, 1.54) is 16.3 Å². The summed E-state index contributed by atoms with van der Waals surface area (Å²) in [5.41, 5.74) is 3.13. The molecule has 122 valence electrons. The summed E-state index contributed by atoms with van der Waals surface area (Å²) >= 11 is 0. The lowest BCUT2D eigenvalue weighted by Crippen LogP contribution is -2.28. The predicted molar refractivity (Wildman–Crippen MR) is 94.3 cm³/mol. The Balaban J connectivity index is 1.92. The van der Waals surface area contributed by atoms with E-state index < -0.39 is 10.1 Å². The van der Waals surface area contributed by atoms with Crippen LogP contribution in [0.25, 0.3) is 10.8 Å². The maximum atomic E-state index is 10.9. The predicted octanol–water partition coefficient (Wildman–Crippen LogP) is 4.26. The van der Waals surface area contributed by atoms with Gasteiger partial charge < -0.3 is 0 Å². The fourth-order valence-electron chi connectivity index (χ4n) is 3.49. The van der Waals surface area contributed by atoms with Gasteiger partial charge in [-0.15, -0.1) is 0 Å². The molecule has 1 aliphatic rings. The van der Waals surface area contributed by atoms with Crippen LogP contribution < -0.4 is 0 Å². The summed E-state index contributed by atoms with van der Waals surface area (Å²) < 4.78 is 30.6. The molecule has 0 fully saturated rings. The third-order valence-electron chi connectivity index (χ3n) is 4.87. The third-order valence-corrected chi connectivity index (χ3v) is 5.68. The molecule has 0 bridgehead atoms. The molecule has 0 aromatic heterocycles. The molecule has 3 rings (SSSR count). The molecule has 5 heteroatoms. The van der Waals surface area contributed by atoms with Gasteiger partial charge in [-0.2, -0.15) is 8.42 Å². The Labute approximate surface area is 137 Å². The van der Waals surface area contributed by atoms with E-state index in [4.69, 9.17) is 9.55 Å². The Kier molecular flexibility index (Phi) is 4.02. The Morgan fingerprint density at radius 1 is 1.13 bits per heavy atom. The van der Waals surface area contributed by atoms with Gasteiger partial charge in [-0.3, -0.25) is 9.55 Å². The van der Waals surface area contributed by atoms with Crippen LogP contribution in [0.5, 0.6) is 0 Å². The normalized spacial score (nSPS) is 20.6. The molecule has 23 heavy (non-hydrogen) atoms. The number of rotatable bonds is 5. The van der Waals surface area contributed by atoms with Gasteiger partial charge in [0.25, 0.3) is 10.1 Å². The van der Waals surface area contributed by atoms with E-state index >= 15 is 0 Å². The van der Waals surface area contributed by atoms with Gasteiger partial charge in [-0.05, 0) is 42.2 Å². The van der Waals surface area contributed by atoms with E-state index in [1.807, 2.05) is 19.1 Å². The number of unbranched alkanes of at least 4 members (excludes halogenated alkanes) is 1. The van der Waals surface area contributed by atoms with Crippen molar-refractivity contribution in [2.45, 2.75) is 38.5 Å². The van der Waals surface area contributed by atoms with Crippen LogP contribution in [0.4, 0.5) is 5.69 Å². The molecule has 2 aromatic carbocycles. The molecule has 0 saturated heterocycles. The van der Waals surface area contributed by atoms with E-state index in [0.29, 0.717) is 6.42 Å². The highest BCUT2D eigenvalue weighted by Gasteiger charge is 2.37. The van der Waals surface area contributed by atoms with Crippen LogP contribution in [-0.2, 0) is 15.5 Å². The van der Waals surface area contributed by atoms with E-state index in [0.717, 1.165) is 24.2 Å². The van der Waals surface area contributed by atoms with Crippen LogP contribution in [0.3, 0.4) is 0 Å². The van der Waals surface area contributed by atoms with Crippen molar-refractivity contribution >= 4 is 32.3 Å². The topological polar surface area (TPSA) is 66.7 Å². The second-order valence-electron chi connectivity index (χ2n) is 6.45. The number of hydrogen-bond acceptors (Lipinski definition) is 3. The summed E-state index contributed by atoms with van der Waals surface area (Å²) in [5.74, 6) is -0.179. The molecule has 1 heterocycles. The molecule has 4 nitrogen and oxygen atoms in total. The van der Waals surface area contributed by atoms with Gasteiger partial charge in [0, 0.05) is 11.1 Å². The van der Waals surface area contributed by atoms with Crippen molar-refractivity contribution in [3.63, 3.8) is 0 Å². The summed E-state index contributed by atoms with van der Waals surface area (Å²) in [4.78, 5) is 4.73. The Bertz CT molecular complexity index is 886. The van der Waals surface area contributed by atoms with E-state index in [1.54, 1.807) is 0 Å². The SMILES string of the molecule is CC1=Nc2ccc3ccccc3c2C1(C)CCCCS(=O)(=O)O. The van der Waals surface area contributed by atoms with Crippen LogP contribution in [-0.4, -0.2) is 24.4 Å². The lowest BCUT2D eigenvalue weighted by Gasteiger charge is -2.27. The minimum atomic E-state index is -3.88. The van der Waals surface area contributed by atoms with Gasteiger partial charge in [-0.1, -0.05) is 43.7 Å². The maximum absolute atomic E-state index is 10.9. The van der Waals surface area contributed by atoms with E-state index in [2.05, 4.69) is 31.2 Å². The van der Waals surface area contributed by atoms with Gasteiger partial charge in [-0.25, -0.2) is 0 Å². The lowest BCUT2D eigenvalue weighted by molar-refractivity contribution is 0.475. The molecule has 0 spiro atoms. The molecule has 1 unspecified atom stereocenters. The number of hydrogen-bond donors (Lipinski definition) is 1. The summed E-state index contributed by atoms with van der Waals surface area (Å²) in [6.07, 6.45) is 2.01. The minimum absolute atomic E-state index is 0.179. The van der Waals surface area contributed by atoms with Crippen molar-refractivity contribution in [2.75, 3.05) is 5.75 Å². The zero-order valence-corrected chi connectivity index (χ0v) is 14.2. The van der Waals surface area contributed by atoms with Gasteiger partial charge in [0.15, 0.2) is 0 Å². The maximum Gasteiger partial charge on any atom is 0.264 e. The van der Waals surface area contributed by atoms with Crippen molar-refractivity contribution in [1.82, 2.24) is 0 Å². The monoisotopic (exact) mass is 331 g/mol. The molecule has 0 aliphatic carbocycles. The first-order chi connectivity index (χ1) is 10.8. The molecule has 1 aliphatic heterocycles. The molecule has 1 atom stereocenters. The second kappa shape index (κ2) is 5.73. The Morgan fingerprint density at radius 3 is 2.61 bits per heavy atom. The second-order valence-corrected chi connectivity index (χ2v) is 8.03. The zero-order valence-electron chi connectivity index (χ0n) is 13.4. The molecule has 0 saturated carbocycles. The molecular weight excluding hydrogens is 310 g/mol. The molecule has 2 aromatic rings. The van der Waals surface area contributed by atoms with Gasteiger partial charge in [0.2, 0.25) is 0 Å². The molecule has 1 N–H and O–H groups in total. The average molecular weight is 331 g/mol. The molecular formula is C18H21NO3S. The lowest BCUT2D eigenvalue weighted by atomic mass is 9.74. The van der Waals surface area contributed by atoms with Crippen LogP contribution >= 0.6 is 0 Å². The van der Waals surface area contributed by atoms with Crippen LogP contribution in [0.2, 0.25) is 0 Å². The van der Waals surface area contributed by atoms with Crippen molar-refractivity contribution in [3.05, 3.63) is 42.0 Å². The average Bonchev–Trinajstić information content (AvgIpc) is 2.75. The van der Waals surface area contributed by atoms with Crippen LogP contribution in [0, 0.1) is 0 Å². The van der Waals surface area contributed by atoms with Crippen molar-refractivity contribution in [2.24, 2.45) is 4.99 Å². The molecule has 0 radical (unpaired) electrons. The summed E-state index contributed by atoms with van der Waals surface area (Å²) in [6.45, 7) is 4.22. The first kappa shape index (κ1) is 16.1. The summed E-state index contributed by atoms with van der Waals surface area (Å²) in [7, 11) is -3.88. The summed E-state index contributed by atoms with van der Waals surface area (Å²) in [6, 6.07) is 12.4. The highest BCUT2D eigenvalue weighted by molar-refractivity contribution is 7.85. The first-order valence-electron chi connectivity index (χ1n) is 7.84. The first-order valence-corrected chi connectivity index (χ1v) is 9.45. The minimum Gasteiger partial charge on any atom is -0.286 e. The fraction of sp³-hybridized carbons (Fsp3) is 0.389. The van der Waals surface area contributed by atoms with Crippen LogP contribution in [0.1, 0.15) is 38.7 Å². The highest BCUT2D eigenvalue weighted by atomic mass is 32.2. The highest BCUT2D eigenvalue weighted by Crippen LogP contribution is 2.46. The van der Waals surface area contributed by atoms with E-state index in [-0.39, 0.29) is 11.2 Å². The number of fused-ring (bicyclic) bond motifs is 3. The van der Waals surface area contributed by atoms with Crippen molar-refractivity contribution in [3.8, 4) is 0 Å². The van der Waals surface area contributed by atoms with Crippen molar-refractivity contribution in [1.29, 1.82) is 0 Å². The number of benzene rings is 2. The molecule has 0 amide bonds. The quantitative estimate of drug-likeness (QED) is 0.657. The van der Waals surface area contributed by atoms with E-state index in [9.17, 15) is 8.42 Å². The Hall–Kier alpha value is -1.72. The number of nitrogens with zero attached hydrogens (tertiary/aromatic N) is 1. The third kappa shape index (κ3) is 3.03. The fourth-order valence-corrected chi connectivity index (χ4v) is 4.06. The number of aliphatic imine (C=N–C) groups is 1. The van der Waals surface area contributed by atoms with Gasteiger partial charge in [0.1, 0.15) is 0 Å².